The molecule has 0 unspecified atom stereocenters. The molecule has 4 heteroatoms. The Bertz CT molecular complexity index is 327. The quantitative estimate of drug-likeness (QED) is 0.689. The maximum Gasteiger partial charge on any atom is 0.331 e. The molecule has 84 valence electrons. The van der Waals surface area contributed by atoms with E-state index in [0.29, 0.717) is 6.54 Å². The van der Waals surface area contributed by atoms with Crippen LogP contribution in [0.15, 0.2) is 11.1 Å². The number of rotatable bonds is 4. The highest BCUT2D eigenvalue weighted by molar-refractivity contribution is 6.01. The lowest BCUT2D eigenvalue weighted by Crippen LogP contribution is -2.30. The number of carbonyl (C=O) groups is 2. The molecule has 0 spiro atoms. The van der Waals surface area contributed by atoms with Gasteiger partial charge in [-0.05, 0) is 32.1 Å². The largest absolute Gasteiger partial charge is 0.478 e. The van der Waals surface area contributed by atoms with Crippen LogP contribution in [0.2, 0.25) is 0 Å². The number of hydrogen-bond acceptors (Lipinski definition) is 2. The van der Waals surface area contributed by atoms with Crippen LogP contribution in [0, 0.1) is 5.41 Å². The molecule has 0 aromatic heterocycles. The Labute approximate surface area is 89.4 Å². The van der Waals surface area contributed by atoms with E-state index in [-0.39, 0.29) is 22.5 Å². The fraction of sp³-hybridized carbons (Fsp3) is 0.636. The summed E-state index contributed by atoms with van der Waals surface area (Å²) in [7, 11) is 0. The van der Waals surface area contributed by atoms with E-state index >= 15 is 0 Å². The van der Waals surface area contributed by atoms with Gasteiger partial charge in [0, 0.05) is 17.7 Å². The molecule has 0 saturated heterocycles. The first-order chi connectivity index (χ1) is 6.86. The van der Waals surface area contributed by atoms with E-state index in [4.69, 9.17) is 5.11 Å². The second-order valence-electron chi connectivity index (χ2n) is 4.55. The zero-order valence-electron chi connectivity index (χ0n) is 9.39. The summed E-state index contributed by atoms with van der Waals surface area (Å²) in [4.78, 5) is 22.2. The van der Waals surface area contributed by atoms with Crippen LogP contribution in [0.5, 0.6) is 0 Å². The average Bonchev–Trinajstić information content (AvgIpc) is 2.91. The highest BCUT2D eigenvalue weighted by Gasteiger charge is 2.37. The molecule has 1 rings (SSSR count). The van der Waals surface area contributed by atoms with Crippen LogP contribution >= 0.6 is 0 Å². The monoisotopic (exact) mass is 211 g/mol. The predicted octanol–water partition coefficient (Wildman–Crippen LogP) is 1.32. The number of amides is 1. The van der Waals surface area contributed by atoms with Gasteiger partial charge in [0.15, 0.2) is 0 Å². The number of hydrogen-bond donors (Lipinski definition) is 2. The van der Waals surface area contributed by atoms with Gasteiger partial charge in [-0.2, -0.15) is 0 Å². The first-order valence-corrected chi connectivity index (χ1v) is 5.05. The highest BCUT2D eigenvalue weighted by atomic mass is 16.4. The molecule has 0 atom stereocenters. The van der Waals surface area contributed by atoms with E-state index in [0.717, 1.165) is 12.8 Å². The summed E-state index contributed by atoms with van der Waals surface area (Å²) >= 11 is 0. The smallest absolute Gasteiger partial charge is 0.331 e. The van der Waals surface area contributed by atoms with Crippen molar-refractivity contribution >= 4 is 11.9 Å². The van der Waals surface area contributed by atoms with Gasteiger partial charge < -0.3 is 10.4 Å². The summed E-state index contributed by atoms with van der Waals surface area (Å²) in [5.41, 5.74) is 0.632. The molecule has 1 saturated carbocycles. The molecule has 1 amide bonds. The summed E-state index contributed by atoms with van der Waals surface area (Å²) < 4.78 is 0. The standard InChI is InChI=1S/C11H17NO3/c1-7(8(2)10(14)15)9(13)12-6-11(3)4-5-11/h4-6H2,1-3H3,(H,12,13)(H,14,15). The second-order valence-corrected chi connectivity index (χ2v) is 4.55. The van der Waals surface area contributed by atoms with Crippen molar-refractivity contribution in [1.29, 1.82) is 0 Å². The molecule has 0 heterocycles. The molecular weight excluding hydrogens is 194 g/mol. The van der Waals surface area contributed by atoms with E-state index in [2.05, 4.69) is 12.2 Å². The Balaban J connectivity index is 2.53. The summed E-state index contributed by atoms with van der Waals surface area (Å²) in [5.74, 6) is -1.32. The van der Waals surface area contributed by atoms with Crippen molar-refractivity contribution in [3.63, 3.8) is 0 Å². The third kappa shape index (κ3) is 3.08. The molecule has 0 aromatic carbocycles. The van der Waals surface area contributed by atoms with E-state index in [1.165, 1.54) is 13.8 Å². The van der Waals surface area contributed by atoms with Crippen LogP contribution in [-0.2, 0) is 9.59 Å². The Morgan fingerprint density at radius 3 is 2.20 bits per heavy atom. The number of carbonyl (C=O) groups excluding carboxylic acids is 1. The van der Waals surface area contributed by atoms with Gasteiger partial charge in [0.1, 0.15) is 0 Å². The normalized spacial score (nSPS) is 19.1. The predicted molar refractivity (Wildman–Crippen MR) is 56.4 cm³/mol. The molecule has 0 radical (unpaired) electrons. The summed E-state index contributed by atoms with van der Waals surface area (Å²) in [6.07, 6.45) is 2.27. The molecule has 0 aromatic rings. The minimum Gasteiger partial charge on any atom is -0.478 e. The molecule has 15 heavy (non-hydrogen) atoms. The van der Waals surface area contributed by atoms with Crippen molar-refractivity contribution in [3.05, 3.63) is 11.1 Å². The van der Waals surface area contributed by atoms with Crippen LogP contribution in [0.4, 0.5) is 0 Å². The lowest BCUT2D eigenvalue weighted by molar-refractivity contribution is -0.133. The lowest BCUT2D eigenvalue weighted by Gasteiger charge is -2.10. The maximum absolute atomic E-state index is 11.5. The summed E-state index contributed by atoms with van der Waals surface area (Å²) in [6, 6.07) is 0. The first-order valence-electron chi connectivity index (χ1n) is 5.05. The van der Waals surface area contributed by atoms with Crippen molar-refractivity contribution in [2.45, 2.75) is 33.6 Å². The summed E-state index contributed by atoms with van der Waals surface area (Å²) in [5, 5.41) is 11.5. The van der Waals surface area contributed by atoms with Crippen molar-refractivity contribution in [2.75, 3.05) is 6.54 Å². The fourth-order valence-electron chi connectivity index (χ4n) is 1.15. The Hall–Kier alpha value is -1.32. The molecule has 1 aliphatic carbocycles. The molecule has 0 bridgehead atoms. The third-order valence-electron chi connectivity index (χ3n) is 3.00. The lowest BCUT2D eigenvalue weighted by atomic mass is 10.1. The minimum atomic E-state index is -1.04. The minimum absolute atomic E-state index is 0.105. The Morgan fingerprint density at radius 2 is 1.80 bits per heavy atom. The zero-order valence-corrected chi connectivity index (χ0v) is 9.39. The maximum atomic E-state index is 11.5. The molecule has 0 aliphatic heterocycles. The van der Waals surface area contributed by atoms with Gasteiger partial charge >= 0.3 is 5.97 Å². The van der Waals surface area contributed by atoms with Crippen molar-refractivity contribution < 1.29 is 14.7 Å². The van der Waals surface area contributed by atoms with E-state index < -0.39 is 5.97 Å². The number of carboxylic acids is 1. The molecular formula is C11H17NO3. The number of carboxylic acid groups (broad SMARTS) is 1. The van der Waals surface area contributed by atoms with E-state index in [9.17, 15) is 9.59 Å². The van der Waals surface area contributed by atoms with Gasteiger partial charge in [-0.1, -0.05) is 6.92 Å². The molecule has 4 nitrogen and oxygen atoms in total. The van der Waals surface area contributed by atoms with Crippen molar-refractivity contribution in [1.82, 2.24) is 5.32 Å². The summed E-state index contributed by atoms with van der Waals surface area (Å²) in [6.45, 7) is 5.72. The van der Waals surface area contributed by atoms with Crippen LogP contribution < -0.4 is 5.32 Å². The fourth-order valence-corrected chi connectivity index (χ4v) is 1.15. The molecule has 2 N–H and O–H groups in total. The second kappa shape index (κ2) is 4.04. The SMILES string of the molecule is CC(C(=O)O)=C(C)C(=O)NCC1(C)CC1. The average molecular weight is 211 g/mol. The Morgan fingerprint density at radius 1 is 1.27 bits per heavy atom. The first kappa shape index (κ1) is 11.8. The van der Waals surface area contributed by atoms with Crippen molar-refractivity contribution in [2.24, 2.45) is 5.41 Å². The zero-order chi connectivity index (χ0) is 11.6. The van der Waals surface area contributed by atoms with Gasteiger partial charge in [-0.25, -0.2) is 4.79 Å². The van der Waals surface area contributed by atoms with Gasteiger partial charge in [0.25, 0.3) is 0 Å². The highest BCUT2D eigenvalue weighted by Crippen LogP contribution is 2.44. The van der Waals surface area contributed by atoms with Gasteiger partial charge in [0.2, 0.25) is 5.91 Å². The van der Waals surface area contributed by atoms with E-state index in [1.54, 1.807) is 0 Å². The van der Waals surface area contributed by atoms with Gasteiger partial charge in [0.05, 0.1) is 0 Å². The van der Waals surface area contributed by atoms with Crippen LogP contribution in [0.3, 0.4) is 0 Å². The third-order valence-corrected chi connectivity index (χ3v) is 3.00. The van der Waals surface area contributed by atoms with E-state index in [1.807, 2.05) is 0 Å². The number of aliphatic carboxylic acids is 1. The topological polar surface area (TPSA) is 66.4 Å². The van der Waals surface area contributed by atoms with Crippen molar-refractivity contribution in [3.8, 4) is 0 Å². The van der Waals surface area contributed by atoms with Crippen LogP contribution in [0.25, 0.3) is 0 Å². The van der Waals surface area contributed by atoms with Crippen LogP contribution in [-0.4, -0.2) is 23.5 Å². The molecule has 1 aliphatic rings. The van der Waals surface area contributed by atoms with Gasteiger partial charge in [-0.15, -0.1) is 0 Å². The molecule has 1 fully saturated rings. The van der Waals surface area contributed by atoms with Gasteiger partial charge in [-0.3, -0.25) is 4.79 Å². The Kier molecular flexibility index (Phi) is 3.17. The number of nitrogens with one attached hydrogen (secondary N) is 1. The van der Waals surface area contributed by atoms with Crippen LogP contribution in [0.1, 0.15) is 33.6 Å².